The van der Waals surface area contributed by atoms with Gasteiger partial charge >= 0.3 is 0 Å². The molecule has 4 aromatic carbocycles. The van der Waals surface area contributed by atoms with Crippen molar-refractivity contribution >= 4 is 0 Å². The van der Waals surface area contributed by atoms with Crippen LogP contribution in [-0.2, 0) is 17.3 Å². The van der Waals surface area contributed by atoms with Crippen LogP contribution in [0.25, 0.3) is 44.8 Å². The van der Waals surface area contributed by atoms with Crippen molar-refractivity contribution in [2.24, 2.45) is 0 Å². The van der Waals surface area contributed by atoms with Crippen molar-refractivity contribution in [2.45, 2.75) is 64.7 Å². The smallest absolute Gasteiger partial charge is 0.0704 e. The van der Waals surface area contributed by atoms with Crippen molar-refractivity contribution < 1.29 is 0 Å². The van der Waals surface area contributed by atoms with Gasteiger partial charge in [0.05, 0.1) is 11.4 Å². The van der Waals surface area contributed by atoms with Gasteiger partial charge in [-0.3, -0.25) is 9.97 Å². The molecule has 0 saturated heterocycles. The molecule has 0 amide bonds. The van der Waals surface area contributed by atoms with E-state index in [-0.39, 0.29) is 16.7 Å². The van der Waals surface area contributed by atoms with E-state index in [0.29, 0.717) is 0 Å². The zero-order valence-corrected chi connectivity index (χ0v) is 29.0. The normalized spacial score (nSPS) is 12.4. The van der Waals surface area contributed by atoms with Crippen LogP contribution in [0.3, 0.4) is 0 Å². The van der Waals surface area contributed by atoms with Gasteiger partial charge in [0.1, 0.15) is 0 Å². The van der Waals surface area contributed by atoms with E-state index >= 15 is 0 Å². The first-order valence-electron chi connectivity index (χ1n) is 16.8. The minimum atomic E-state index is -0.0872. The summed E-state index contributed by atoms with van der Waals surface area (Å²) >= 11 is 0. The molecule has 0 radical (unpaired) electrons. The Bertz CT molecular complexity index is 2060. The monoisotopic (exact) mass is 624 g/mol. The first-order valence-corrected chi connectivity index (χ1v) is 16.8. The van der Waals surface area contributed by atoms with E-state index in [1.54, 1.807) is 0 Å². The second-order valence-electron chi connectivity index (χ2n) is 14.7. The Hall–Kier alpha value is -5.26. The maximum atomic E-state index is 6.30. The number of rotatable bonds is 7. The molecule has 0 spiro atoms. The third-order valence-corrected chi connectivity index (χ3v) is 9.21. The molecule has 0 aliphatic rings. The highest BCUT2D eigenvalue weighted by Gasteiger charge is 2.19. The highest BCUT2D eigenvalue weighted by Crippen LogP contribution is 2.36. The number of aromatic nitrogens is 2. The van der Waals surface area contributed by atoms with Gasteiger partial charge in [-0.25, -0.2) is 0 Å². The van der Waals surface area contributed by atoms with Crippen molar-refractivity contribution in [3.63, 3.8) is 0 Å². The molecule has 0 fully saturated rings. The Morgan fingerprint density at radius 1 is 0.542 bits per heavy atom. The minimum absolute atomic E-state index is 0.0684. The number of pyridine rings is 2. The summed E-state index contributed by atoms with van der Waals surface area (Å²) in [5.74, 6) is 3.06. The fourth-order valence-corrected chi connectivity index (χ4v) is 6.27. The first-order chi connectivity index (χ1) is 23.0. The van der Waals surface area contributed by atoms with Gasteiger partial charge in [0.15, 0.2) is 0 Å². The number of terminal acetylenes is 1. The van der Waals surface area contributed by atoms with E-state index in [9.17, 15) is 0 Å². The molecule has 0 N–H and O–H groups in total. The lowest BCUT2D eigenvalue weighted by Gasteiger charge is -2.20. The van der Waals surface area contributed by atoms with Crippen molar-refractivity contribution in [2.75, 3.05) is 0 Å². The number of hydrogen-bond donors (Lipinski definition) is 0. The number of benzene rings is 4. The molecule has 2 heteroatoms. The van der Waals surface area contributed by atoms with Crippen molar-refractivity contribution in [3.05, 3.63) is 156 Å². The van der Waals surface area contributed by atoms with Crippen LogP contribution in [0.1, 0.15) is 69.7 Å². The van der Waals surface area contributed by atoms with Gasteiger partial charge in [0, 0.05) is 29.4 Å². The van der Waals surface area contributed by atoms with Crippen LogP contribution in [0.15, 0.2) is 134 Å². The van der Waals surface area contributed by atoms with Crippen LogP contribution in [0.2, 0.25) is 0 Å². The third kappa shape index (κ3) is 7.17. The predicted octanol–water partition coefficient (Wildman–Crippen LogP) is 11.7. The molecule has 0 aliphatic heterocycles. The molecular formula is C46H44N2. The summed E-state index contributed by atoms with van der Waals surface area (Å²) in [6.07, 6.45) is 10.9. The molecule has 6 aromatic rings. The summed E-state index contributed by atoms with van der Waals surface area (Å²) < 4.78 is 0. The van der Waals surface area contributed by atoms with E-state index in [0.717, 1.165) is 45.6 Å². The summed E-state index contributed by atoms with van der Waals surface area (Å²) in [5, 5.41) is 0. The SMILES string of the molecule is C#CC(Cc1ccccc1-c1ccc(-c2cc(C(C)(C)C)ccn2)cc1)c1ccccc1-c1ccc(-c2cc(C(C)(C)C)ccn2)cc1. The quantitative estimate of drug-likeness (QED) is 0.165. The fraction of sp³-hybridized carbons (Fsp3) is 0.217. The van der Waals surface area contributed by atoms with Crippen LogP contribution >= 0.6 is 0 Å². The highest BCUT2D eigenvalue weighted by molar-refractivity contribution is 5.74. The third-order valence-electron chi connectivity index (χ3n) is 9.21. The first kappa shape index (κ1) is 32.7. The summed E-state index contributed by atoms with van der Waals surface area (Å²) in [5.41, 5.74) is 14.0. The topological polar surface area (TPSA) is 25.8 Å². The summed E-state index contributed by atoms with van der Waals surface area (Å²) in [6.45, 7) is 13.4. The standard InChI is InChI=1S/C46H44N2/c1-8-32(41-15-11-12-16-42(41)34-19-23-36(24-20-34)44-31-39(26-28-48-44)46(5,6)7)29-37-13-9-10-14-40(37)33-17-21-35(22-18-33)43-30-38(25-27-47-43)45(2,3)4/h1,9-28,30-32H,29H2,2-7H3. The lowest BCUT2D eigenvalue weighted by Crippen LogP contribution is -2.11. The van der Waals surface area contributed by atoms with Gasteiger partial charge in [-0.2, -0.15) is 0 Å². The zero-order chi connectivity index (χ0) is 33.9. The van der Waals surface area contributed by atoms with Crippen LogP contribution < -0.4 is 0 Å². The van der Waals surface area contributed by atoms with Crippen molar-refractivity contribution in [1.29, 1.82) is 0 Å². The average molecular weight is 625 g/mol. The number of hydrogen-bond acceptors (Lipinski definition) is 2. The van der Waals surface area contributed by atoms with E-state index in [4.69, 9.17) is 6.42 Å². The Kier molecular flexibility index (Phi) is 9.16. The molecule has 0 aliphatic carbocycles. The maximum Gasteiger partial charge on any atom is 0.0704 e. The molecule has 6 rings (SSSR count). The average Bonchev–Trinajstić information content (AvgIpc) is 3.10. The Morgan fingerprint density at radius 2 is 0.979 bits per heavy atom. The van der Waals surface area contributed by atoms with Gasteiger partial charge in [-0.15, -0.1) is 6.42 Å². The molecule has 48 heavy (non-hydrogen) atoms. The molecular weight excluding hydrogens is 581 g/mol. The summed E-state index contributed by atoms with van der Waals surface area (Å²) in [6, 6.07) is 43.2. The Labute approximate surface area is 287 Å². The zero-order valence-electron chi connectivity index (χ0n) is 29.0. The number of nitrogens with zero attached hydrogens (tertiary/aromatic N) is 2. The Balaban J connectivity index is 1.27. The van der Waals surface area contributed by atoms with Crippen LogP contribution in [0.4, 0.5) is 0 Å². The van der Waals surface area contributed by atoms with Gasteiger partial charge in [0.25, 0.3) is 0 Å². The molecule has 238 valence electrons. The molecule has 1 unspecified atom stereocenters. The molecule has 0 bridgehead atoms. The van der Waals surface area contributed by atoms with Gasteiger partial charge in [-0.1, -0.05) is 145 Å². The van der Waals surface area contributed by atoms with Crippen molar-refractivity contribution in [1.82, 2.24) is 9.97 Å². The largest absolute Gasteiger partial charge is 0.256 e. The minimum Gasteiger partial charge on any atom is -0.256 e. The fourth-order valence-electron chi connectivity index (χ4n) is 6.27. The molecule has 1 atom stereocenters. The lowest BCUT2D eigenvalue weighted by atomic mass is 9.84. The molecule has 2 aromatic heterocycles. The molecule has 2 nitrogen and oxygen atoms in total. The highest BCUT2D eigenvalue weighted by atomic mass is 14.7. The van der Waals surface area contributed by atoms with Crippen LogP contribution in [0.5, 0.6) is 0 Å². The van der Waals surface area contributed by atoms with Crippen molar-refractivity contribution in [3.8, 4) is 57.1 Å². The lowest BCUT2D eigenvalue weighted by molar-refractivity contribution is 0.589. The van der Waals surface area contributed by atoms with Gasteiger partial charge in [-0.05, 0) is 86.0 Å². The van der Waals surface area contributed by atoms with Gasteiger partial charge in [0.2, 0.25) is 0 Å². The maximum absolute atomic E-state index is 6.30. The summed E-state index contributed by atoms with van der Waals surface area (Å²) in [4.78, 5) is 9.33. The van der Waals surface area contributed by atoms with E-state index in [2.05, 4.69) is 179 Å². The predicted molar refractivity (Wildman–Crippen MR) is 203 cm³/mol. The second-order valence-corrected chi connectivity index (χ2v) is 14.7. The molecule has 0 saturated carbocycles. The van der Waals surface area contributed by atoms with Crippen LogP contribution in [-0.4, -0.2) is 9.97 Å². The van der Waals surface area contributed by atoms with E-state index in [1.807, 2.05) is 12.4 Å². The molecule has 2 heterocycles. The Morgan fingerprint density at radius 3 is 1.48 bits per heavy atom. The van der Waals surface area contributed by atoms with Gasteiger partial charge < -0.3 is 0 Å². The summed E-state index contributed by atoms with van der Waals surface area (Å²) in [7, 11) is 0. The van der Waals surface area contributed by atoms with E-state index in [1.165, 1.54) is 27.8 Å². The van der Waals surface area contributed by atoms with E-state index < -0.39 is 0 Å². The van der Waals surface area contributed by atoms with Crippen LogP contribution in [0, 0.1) is 12.3 Å². The second kappa shape index (κ2) is 13.5.